The molecule has 0 aliphatic heterocycles. The molecule has 2 rings (SSSR count). The number of nitrogens with zero attached hydrogens (tertiary/aromatic N) is 3. The minimum absolute atomic E-state index is 0.0978. The molecule has 0 spiro atoms. The van der Waals surface area contributed by atoms with Gasteiger partial charge in [0.2, 0.25) is 11.2 Å². The molecule has 0 bridgehead atoms. The van der Waals surface area contributed by atoms with E-state index in [1.807, 2.05) is 0 Å². The molecule has 12 heteroatoms. The number of aromatic nitrogens is 3. The molecular weight excluding hydrogens is 415 g/mol. The Morgan fingerprint density at radius 3 is 2.55 bits per heavy atom. The van der Waals surface area contributed by atoms with Gasteiger partial charge in [0.15, 0.2) is 6.61 Å². The largest absolute Gasteiger partial charge is 0.454 e. The molecule has 0 aliphatic rings. The van der Waals surface area contributed by atoms with Crippen LogP contribution < -0.4 is 15.4 Å². The van der Waals surface area contributed by atoms with Gasteiger partial charge in [0.25, 0.3) is 0 Å². The zero-order chi connectivity index (χ0) is 21.7. The molecule has 1 amide bonds. The van der Waals surface area contributed by atoms with Crippen molar-refractivity contribution >= 4 is 29.3 Å². The Kier molecular flexibility index (Phi) is 7.07. The number of halogens is 4. The molecule has 1 heterocycles. The normalized spacial score (nSPS) is 11.7. The van der Waals surface area contributed by atoms with E-state index in [0.717, 1.165) is 5.56 Å². The number of alkyl halides is 3. The summed E-state index contributed by atoms with van der Waals surface area (Å²) in [5.41, 5.74) is 0.629. The summed E-state index contributed by atoms with van der Waals surface area (Å²) in [4.78, 5) is 22.8. The van der Waals surface area contributed by atoms with E-state index in [1.54, 1.807) is 45.0 Å². The Morgan fingerprint density at radius 2 is 1.90 bits per heavy atom. The van der Waals surface area contributed by atoms with Gasteiger partial charge in [-0.2, -0.15) is 28.1 Å². The summed E-state index contributed by atoms with van der Waals surface area (Å²) in [7, 11) is 0. The van der Waals surface area contributed by atoms with E-state index < -0.39 is 30.5 Å². The van der Waals surface area contributed by atoms with Gasteiger partial charge in [-0.3, -0.25) is 0 Å². The zero-order valence-electron chi connectivity index (χ0n) is 15.8. The summed E-state index contributed by atoms with van der Waals surface area (Å²) in [6.45, 7) is 3.90. The van der Waals surface area contributed by atoms with Crippen molar-refractivity contribution in [2.45, 2.75) is 39.1 Å². The number of amides is 1. The van der Waals surface area contributed by atoms with Crippen LogP contribution in [0.15, 0.2) is 24.3 Å². The smallest absolute Gasteiger partial charge is 0.422 e. The molecule has 0 radical (unpaired) electrons. The zero-order valence-corrected chi connectivity index (χ0v) is 16.6. The molecule has 0 saturated carbocycles. The number of hydrogen-bond donors (Lipinski definition) is 2. The van der Waals surface area contributed by atoms with Crippen LogP contribution >= 0.6 is 11.6 Å². The fourth-order valence-corrected chi connectivity index (χ4v) is 2.13. The van der Waals surface area contributed by atoms with Crippen LogP contribution in [-0.4, -0.2) is 39.4 Å². The number of rotatable bonds is 6. The molecule has 2 aromatic rings. The molecule has 8 nitrogen and oxygen atoms in total. The topological polar surface area (TPSA) is 98.3 Å². The van der Waals surface area contributed by atoms with Crippen molar-refractivity contribution in [2.24, 2.45) is 0 Å². The highest BCUT2D eigenvalue weighted by Crippen LogP contribution is 2.20. The van der Waals surface area contributed by atoms with Gasteiger partial charge < -0.3 is 20.1 Å². The van der Waals surface area contributed by atoms with E-state index in [4.69, 9.17) is 16.3 Å². The van der Waals surface area contributed by atoms with Crippen molar-refractivity contribution in [2.75, 3.05) is 11.9 Å². The van der Waals surface area contributed by atoms with E-state index in [-0.39, 0.29) is 17.8 Å². The number of benzene rings is 1. The number of ether oxygens (including phenoxy) is 2. The lowest BCUT2D eigenvalue weighted by Gasteiger charge is -2.19. The quantitative estimate of drug-likeness (QED) is 0.703. The number of hydrogen-bond acceptors (Lipinski definition) is 7. The van der Waals surface area contributed by atoms with Crippen LogP contribution in [0.2, 0.25) is 5.28 Å². The van der Waals surface area contributed by atoms with Crippen molar-refractivity contribution < 1.29 is 27.4 Å². The highest BCUT2D eigenvalue weighted by Gasteiger charge is 2.29. The van der Waals surface area contributed by atoms with Crippen LogP contribution in [0.25, 0.3) is 0 Å². The van der Waals surface area contributed by atoms with Crippen LogP contribution in [-0.2, 0) is 11.3 Å². The average Bonchev–Trinajstić information content (AvgIpc) is 2.56. The summed E-state index contributed by atoms with van der Waals surface area (Å²) < 4.78 is 46.5. The number of nitrogens with one attached hydrogen (secondary N) is 2. The first kappa shape index (κ1) is 22.5. The lowest BCUT2D eigenvalue weighted by molar-refractivity contribution is -0.154. The minimum atomic E-state index is -4.54. The Bertz CT molecular complexity index is 859. The van der Waals surface area contributed by atoms with Gasteiger partial charge in [-0.05, 0) is 50.1 Å². The molecule has 0 unspecified atom stereocenters. The van der Waals surface area contributed by atoms with Gasteiger partial charge in [-0.25, -0.2) is 4.79 Å². The summed E-state index contributed by atoms with van der Waals surface area (Å²) in [5, 5.41) is 5.08. The van der Waals surface area contributed by atoms with Crippen molar-refractivity contribution in [3.05, 3.63) is 35.1 Å². The molecule has 1 aromatic carbocycles. The van der Waals surface area contributed by atoms with Gasteiger partial charge in [0.1, 0.15) is 5.60 Å². The molecular formula is C17H19ClF3N5O3. The lowest BCUT2D eigenvalue weighted by Crippen LogP contribution is -2.32. The Balaban J connectivity index is 2.02. The van der Waals surface area contributed by atoms with E-state index in [2.05, 4.69) is 30.3 Å². The third kappa shape index (κ3) is 8.81. The third-order valence-corrected chi connectivity index (χ3v) is 3.14. The molecule has 0 saturated heterocycles. The second kappa shape index (κ2) is 9.12. The predicted octanol–water partition coefficient (Wildman–Crippen LogP) is 4.23. The Hall–Kier alpha value is -2.82. The van der Waals surface area contributed by atoms with Gasteiger partial charge in [0, 0.05) is 12.2 Å². The molecule has 2 N–H and O–H groups in total. The lowest BCUT2D eigenvalue weighted by atomic mass is 10.2. The van der Waals surface area contributed by atoms with Crippen LogP contribution in [0, 0.1) is 0 Å². The molecule has 1 aromatic heterocycles. The van der Waals surface area contributed by atoms with Crippen molar-refractivity contribution in [3.8, 4) is 6.01 Å². The Labute approximate surface area is 169 Å². The average molecular weight is 434 g/mol. The summed E-state index contributed by atoms with van der Waals surface area (Å²) in [6.07, 6.45) is -5.10. The van der Waals surface area contributed by atoms with Crippen molar-refractivity contribution in [1.29, 1.82) is 0 Å². The molecule has 0 fully saturated rings. The van der Waals surface area contributed by atoms with Crippen LogP contribution in [0.5, 0.6) is 6.01 Å². The number of carbonyl (C=O) groups excluding carboxylic acids is 1. The van der Waals surface area contributed by atoms with Crippen LogP contribution in [0.4, 0.5) is 29.6 Å². The highest BCUT2D eigenvalue weighted by molar-refractivity contribution is 6.28. The Morgan fingerprint density at radius 1 is 1.17 bits per heavy atom. The van der Waals surface area contributed by atoms with Crippen molar-refractivity contribution in [1.82, 2.24) is 20.3 Å². The predicted molar refractivity (Wildman–Crippen MR) is 99.2 cm³/mol. The first-order chi connectivity index (χ1) is 13.4. The maximum Gasteiger partial charge on any atom is 0.422 e. The van der Waals surface area contributed by atoms with Gasteiger partial charge in [0.05, 0.1) is 0 Å². The van der Waals surface area contributed by atoms with E-state index in [1.165, 1.54) is 0 Å². The van der Waals surface area contributed by atoms with E-state index >= 15 is 0 Å². The maximum absolute atomic E-state index is 12.3. The monoisotopic (exact) mass is 433 g/mol. The molecule has 0 atom stereocenters. The second-order valence-electron chi connectivity index (χ2n) is 6.80. The highest BCUT2D eigenvalue weighted by atomic mass is 35.5. The second-order valence-corrected chi connectivity index (χ2v) is 7.13. The molecule has 29 heavy (non-hydrogen) atoms. The summed E-state index contributed by atoms with van der Waals surface area (Å²) in [6, 6.07) is 6.27. The van der Waals surface area contributed by atoms with Gasteiger partial charge in [-0.15, -0.1) is 0 Å². The number of carbonyl (C=O) groups is 1. The third-order valence-electron chi connectivity index (χ3n) is 2.97. The SMILES string of the molecule is CC(C)(C)OC(=O)NCc1cccc(Nc2nc(Cl)nc(OCC(F)(F)F)n2)c1. The first-order valence-electron chi connectivity index (χ1n) is 8.33. The van der Waals surface area contributed by atoms with Crippen LogP contribution in [0.1, 0.15) is 26.3 Å². The maximum atomic E-state index is 12.3. The van der Waals surface area contributed by atoms with Crippen LogP contribution in [0.3, 0.4) is 0 Å². The summed E-state index contributed by atoms with van der Waals surface area (Å²) in [5.74, 6) is -0.0978. The van der Waals surface area contributed by atoms with Gasteiger partial charge >= 0.3 is 18.3 Å². The molecule has 158 valence electrons. The van der Waals surface area contributed by atoms with E-state index in [0.29, 0.717) is 5.69 Å². The van der Waals surface area contributed by atoms with Gasteiger partial charge in [-0.1, -0.05) is 12.1 Å². The standard InChI is InChI=1S/C17H19ClF3N5O3/c1-16(2,3)29-15(27)22-8-10-5-4-6-11(7-10)23-13-24-12(18)25-14(26-13)28-9-17(19,20)21/h4-7H,8-9H2,1-3H3,(H,22,27)(H,23,24,25,26). The fraction of sp³-hybridized carbons (Fsp3) is 0.412. The first-order valence-corrected chi connectivity index (χ1v) is 8.71. The fourth-order valence-electron chi connectivity index (χ4n) is 1.98. The van der Waals surface area contributed by atoms with Crippen molar-refractivity contribution in [3.63, 3.8) is 0 Å². The minimum Gasteiger partial charge on any atom is -0.454 e. The van der Waals surface area contributed by atoms with E-state index in [9.17, 15) is 18.0 Å². The number of alkyl carbamates (subject to hydrolysis) is 1. The number of anilines is 2. The molecule has 0 aliphatic carbocycles. The summed E-state index contributed by atoms with van der Waals surface area (Å²) >= 11 is 5.71.